The monoisotopic (exact) mass is 673 g/mol. The lowest BCUT2D eigenvalue weighted by Gasteiger charge is -2.49. The Balaban J connectivity index is 1.51. The van der Waals surface area contributed by atoms with E-state index in [2.05, 4.69) is 44.7 Å². The van der Waals surface area contributed by atoms with Gasteiger partial charge in [0.25, 0.3) is 0 Å². The van der Waals surface area contributed by atoms with Gasteiger partial charge in [0, 0.05) is 52.9 Å². The fraction of sp³-hybridized carbons (Fsp3) is 0.368. The van der Waals surface area contributed by atoms with Crippen LogP contribution in [0.1, 0.15) is 77.3 Å². The molecule has 0 fully saturated rings. The summed E-state index contributed by atoms with van der Waals surface area (Å²) >= 11 is 5.96. The van der Waals surface area contributed by atoms with Crippen molar-refractivity contribution in [2.45, 2.75) is 77.7 Å². The Morgan fingerprint density at radius 1 is 0.787 bits per heavy atom. The summed E-state index contributed by atoms with van der Waals surface area (Å²) in [6.45, 7) is 11.1. The minimum absolute atomic E-state index is 0.0164. The highest BCUT2D eigenvalue weighted by molar-refractivity contribution is 7.87. The second kappa shape index (κ2) is 12.3. The van der Waals surface area contributed by atoms with E-state index in [1.807, 2.05) is 18.2 Å². The third-order valence-electron chi connectivity index (χ3n) is 9.11. The Morgan fingerprint density at radius 2 is 1.36 bits per heavy atom. The molecule has 0 bridgehead atoms. The zero-order valence-corrected chi connectivity index (χ0v) is 29.0. The molecule has 0 amide bonds. The molecule has 2 aliphatic carbocycles. The van der Waals surface area contributed by atoms with Crippen LogP contribution >= 0.6 is 11.6 Å². The van der Waals surface area contributed by atoms with Gasteiger partial charge in [0.1, 0.15) is 4.90 Å². The Morgan fingerprint density at radius 3 is 1.91 bits per heavy atom. The summed E-state index contributed by atoms with van der Waals surface area (Å²) in [7, 11) is -4.20. The number of ketones is 2. The fourth-order valence-electron chi connectivity index (χ4n) is 7.15. The Labute approximate surface area is 282 Å². The van der Waals surface area contributed by atoms with E-state index in [1.165, 1.54) is 24.3 Å². The van der Waals surface area contributed by atoms with Crippen molar-refractivity contribution in [3.63, 3.8) is 0 Å². The summed E-state index contributed by atoms with van der Waals surface area (Å²) in [5.41, 5.74) is 4.44. The predicted octanol–water partition coefficient (Wildman–Crippen LogP) is 8.39. The van der Waals surface area contributed by atoms with E-state index >= 15 is 0 Å². The molecule has 1 heterocycles. The molecule has 6 rings (SSSR count). The van der Waals surface area contributed by atoms with Crippen molar-refractivity contribution in [1.82, 2.24) is 4.90 Å². The van der Waals surface area contributed by atoms with Crippen LogP contribution in [0.5, 0.6) is 11.5 Å². The number of ether oxygens (including phenoxy) is 1. The van der Waals surface area contributed by atoms with Gasteiger partial charge < -0.3 is 13.8 Å². The van der Waals surface area contributed by atoms with Crippen molar-refractivity contribution >= 4 is 33.3 Å². The highest BCUT2D eigenvalue weighted by Gasteiger charge is 2.49. The molecule has 3 aromatic rings. The first kappa shape index (κ1) is 33.0. The molecule has 0 N–H and O–H groups in total. The molecule has 246 valence electrons. The Bertz CT molecular complexity index is 1850. The number of carbonyl (C=O) groups is 2. The van der Waals surface area contributed by atoms with Gasteiger partial charge in [-0.15, -0.1) is 0 Å². The molecule has 0 atom stereocenters. The fourth-order valence-corrected chi connectivity index (χ4v) is 8.21. The maximum absolute atomic E-state index is 14.2. The van der Waals surface area contributed by atoms with Crippen molar-refractivity contribution in [3.8, 4) is 11.5 Å². The van der Waals surface area contributed by atoms with Gasteiger partial charge in [0.05, 0.1) is 6.61 Å². The summed E-state index contributed by atoms with van der Waals surface area (Å²) in [4.78, 5) is 30.6. The molecule has 3 aromatic carbocycles. The smallest absolute Gasteiger partial charge is 0.339 e. The van der Waals surface area contributed by atoms with Crippen LogP contribution in [-0.2, 0) is 26.3 Å². The van der Waals surface area contributed by atoms with Gasteiger partial charge in [0.2, 0.25) is 0 Å². The molecule has 0 spiro atoms. The number of benzene rings is 3. The third-order valence-corrected chi connectivity index (χ3v) is 10.6. The largest absolute Gasteiger partial charge is 0.490 e. The van der Waals surface area contributed by atoms with Crippen molar-refractivity contribution in [3.05, 3.63) is 111 Å². The van der Waals surface area contributed by atoms with Gasteiger partial charge in [-0.1, -0.05) is 75.7 Å². The second-order valence-corrected chi connectivity index (χ2v) is 16.2. The standard InChI is InChI=1S/C38H40ClNO6S/c1-6-45-33-18-25(12-17-32(33)46-47(43,44)27-15-13-26(39)14-16-27)34-35-28(19-37(2,3)21-30(35)41)40(23-24-10-8-7-9-11-24)29-20-38(4,5)22-31(42)36(29)34/h7-18,34H,6,19-23H2,1-5H3. The molecule has 0 aromatic heterocycles. The highest BCUT2D eigenvalue weighted by Crippen LogP contribution is 2.55. The number of hydrogen-bond donors (Lipinski definition) is 0. The molecule has 47 heavy (non-hydrogen) atoms. The quantitative estimate of drug-likeness (QED) is 0.222. The molecule has 0 unspecified atom stereocenters. The summed E-state index contributed by atoms with van der Waals surface area (Å²) < 4.78 is 37.9. The zero-order chi connectivity index (χ0) is 33.7. The van der Waals surface area contributed by atoms with E-state index in [-0.39, 0.29) is 45.4 Å². The van der Waals surface area contributed by atoms with Crippen LogP contribution in [0, 0.1) is 10.8 Å². The normalized spacial score (nSPS) is 19.4. The minimum Gasteiger partial charge on any atom is -0.490 e. The minimum atomic E-state index is -4.20. The van der Waals surface area contributed by atoms with Crippen molar-refractivity contribution in [2.75, 3.05) is 6.61 Å². The van der Waals surface area contributed by atoms with E-state index in [1.54, 1.807) is 25.1 Å². The molecule has 0 saturated carbocycles. The van der Waals surface area contributed by atoms with Crippen LogP contribution in [0.3, 0.4) is 0 Å². The van der Waals surface area contributed by atoms with E-state index < -0.39 is 16.0 Å². The van der Waals surface area contributed by atoms with Gasteiger partial charge >= 0.3 is 10.1 Å². The SMILES string of the molecule is CCOc1cc(C2C3=C(CC(C)(C)CC3=O)N(Cc3ccccc3)C3=C2C(=O)CC(C)(C)C3)ccc1OS(=O)(=O)c1ccc(Cl)cc1. The molecular weight excluding hydrogens is 634 g/mol. The first-order valence-electron chi connectivity index (χ1n) is 16.0. The van der Waals surface area contributed by atoms with Crippen LogP contribution in [0.4, 0.5) is 0 Å². The Hall–Kier alpha value is -3.88. The number of rotatable bonds is 8. The van der Waals surface area contributed by atoms with Crippen LogP contribution < -0.4 is 8.92 Å². The zero-order valence-electron chi connectivity index (χ0n) is 27.4. The van der Waals surface area contributed by atoms with Gasteiger partial charge in [-0.25, -0.2) is 0 Å². The van der Waals surface area contributed by atoms with Gasteiger partial charge in [-0.3, -0.25) is 9.59 Å². The molecule has 9 heteroatoms. The summed E-state index contributed by atoms with van der Waals surface area (Å²) in [5, 5.41) is 0.404. The van der Waals surface area contributed by atoms with Crippen LogP contribution in [0.25, 0.3) is 0 Å². The van der Waals surface area contributed by atoms with Gasteiger partial charge in [0.15, 0.2) is 23.1 Å². The third kappa shape index (κ3) is 6.63. The van der Waals surface area contributed by atoms with Crippen LogP contribution in [0.2, 0.25) is 5.02 Å². The van der Waals surface area contributed by atoms with E-state index in [0.717, 1.165) is 17.0 Å². The molecular formula is C38H40ClNO6S. The number of carbonyl (C=O) groups excluding carboxylic acids is 2. The number of halogens is 1. The van der Waals surface area contributed by atoms with Gasteiger partial charge in [-0.05, 0) is 78.1 Å². The highest BCUT2D eigenvalue weighted by atomic mass is 35.5. The van der Waals surface area contributed by atoms with Crippen molar-refractivity contribution < 1.29 is 26.9 Å². The first-order valence-corrected chi connectivity index (χ1v) is 17.8. The summed E-state index contributed by atoms with van der Waals surface area (Å²) in [6.07, 6.45) is 2.09. The second-order valence-electron chi connectivity index (χ2n) is 14.2. The average molecular weight is 674 g/mol. The first-order chi connectivity index (χ1) is 22.2. The van der Waals surface area contributed by atoms with E-state index in [0.29, 0.717) is 54.0 Å². The summed E-state index contributed by atoms with van der Waals surface area (Å²) in [5.74, 6) is -0.340. The number of allylic oxidation sites excluding steroid dienone is 4. The van der Waals surface area contributed by atoms with E-state index in [9.17, 15) is 18.0 Å². The topological polar surface area (TPSA) is 90.0 Å². The summed E-state index contributed by atoms with van der Waals surface area (Å²) in [6, 6.07) is 20.9. The lowest BCUT2D eigenvalue weighted by molar-refractivity contribution is -0.119. The Kier molecular flexibility index (Phi) is 8.64. The average Bonchev–Trinajstić information content (AvgIpc) is 2.98. The molecule has 0 saturated heterocycles. The van der Waals surface area contributed by atoms with Crippen molar-refractivity contribution in [1.29, 1.82) is 0 Å². The maximum Gasteiger partial charge on any atom is 0.339 e. The molecule has 3 aliphatic rings. The molecule has 7 nitrogen and oxygen atoms in total. The molecule has 0 radical (unpaired) electrons. The predicted molar refractivity (Wildman–Crippen MR) is 182 cm³/mol. The lowest BCUT2D eigenvalue weighted by atomic mass is 9.63. The van der Waals surface area contributed by atoms with Crippen molar-refractivity contribution in [2.24, 2.45) is 10.8 Å². The van der Waals surface area contributed by atoms with E-state index in [4.69, 9.17) is 20.5 Å². The number of Topliss-reactive ketones (excluding diaryl/α,β-unsaturated/α-hetero) is 2. The maximum atomic E-state index is 14.2. The lowest BCUT2D eigenvalue weighted by Crippen LogP contribution is -2.44. The van der Waals surface area contributed by atoms with Crippen LogP contribution in [-0.4, -0.2) is 31.5 Å². The van der Waals surface area contributed by atoms with Gasteiger partial charge in [-0.2, -0.15) is 8.42 Å². The molecule has 1 aliphatic heterocycles. The van der Waals surface area contributed by atoms with Crippen LogP contribution in [0.15, 0.2) is 100 Å². The number of nitrogens with zero attached hydrogens (tertiary/aromatic N) is 1. The number of hydrogen-bond acceptors (Lipinski definition) is 7.